The van der Waals surface area contributed by atoms with Crippen LogP contribution in [0.5, 0.6) is 11.8 Å². The number of fused-ring (bicyclic) bond motifs is 1. The zero-order valence-corrected chi connectivity index (χ0v) is 12.5. The summed E-state index contributed by atoms with van der Waals surface area (Å²) in [6, 6.07) is 13.0. The van der Waals surface area contributed by atoms with Crippen LogP contribution in [-0.4, -0.2) is 9.97 Å². The minimum atomic E-state index is 0.185. The van der Waals surface area contributed by atoms with Crippen LogP contribution in [0.2, 0.25) is 5.02 Å². The largest absolute Gasteiger partial charge is 0.424 e. The van der Waals surface area contributed by atoms with Gasteiger partial charge < -0.3 is 10.5 Å². The maximum atomic E-state index is 6.17. The molecular formula is C14H9BrClN3O. The van der Waals surface area contributed by atoms with E-state index in [4.69, 9.17) is 22.1 Å². The number of hydrogen-bond donors (Lipinski definition) is 1. The van der Waals surface area contributed by atoms with Crippen LogP contribution in [0.1, 0.15) is 0 Å². The van der Waals surface area contributed by atoms with E-state index >= 15 is 0 Å². The molecule has 0 saturated carbocycles. The number of benzene rings is 2. The van der Waals surface area contributed by atoms with Crippen LogP contribution in [0.25, 0.3) is 10.8 Å². The molecule has 0 fully saturated rings. The van der Waals surface area contributed by atoms with Crippen molar-refractivity contribution >= 4 is 44.1 Å². The van der Waals surface area contributed by atoms with Crippen molar-refractivity contribution in [3.8, 4) is 11.8 Å². The minimum absolute atomic E-state index is 0.185. The molecule has 0 saturated heterocycles. The van der Waals surface area contributed by atoms with Gasteiger partial charge in [0.2, 0.25) is 0 Å². The first-order chi connectivity index (χ1) is 9.63. The number of aromatic nitrogens is 2. The molecule has 0 bridgehead atoms. The van der Waals surface area contributed by atoms with Gasteiger partial charge in [-0.3, -0.25) is 0 Å². The molecule has 4 nitrogen and oxygen atoms in total. The quantitative estimate of drug-likeness (QED) is 0.695. The summed E-state index contributed by atoms with van der Waals surface area (Å²) in [5, 5.41) is 2.47. The minimum Gasteiger partial charge on any atom is -0.424 e. The maximum Gasteiger partial charge on any atom is 0.325 e. The van der Waals surface area contributed by atoms with Gasteiger partial charge in [0.05, 0.1) is 0 Å². The lowest BCUT2D eigenvalue weighted by Gasteiger charge is -2.09. The van der Waals surface area contributed by atoms with E-state index in [0.717, 1.165) is 10.8 Å². The Kier molecular flexibility index (Phi) is 3.46. The van der Waals surface area contributed by atoms with Crippen LogP contribution in [0.3, 0.4) is 0 Å². The highest BCUT2D eigenvalue weighted by molar-refractivity contribution is 9.10. The van der Waals surface area contributed by atoms with Gasteiger partial charge in [0.15, 0.2) is 0 Å². The lowest BCUT2D eigenvalue weighted by Crippen LogP contribution is -1.97. The van der Waals surface area contributed by atoms with Gasteiger partial charge in [0.25, 0.3) is 0 Å². The van der Waals surface area contributed by atoms with Gasteiger partial charge in [-0.15, -0.1) is 0 Å². The summed E-state index contributed by atoms with van der Waals surface area (Å²) in [4.78, 5) is 8.17. The van der Waals surface area contributed by atoms with E-state index in [1.807, 2.05) is 24.3 Å². The Morgan fingerprint density at radius 1 is 1.05 bits per heavy atom. The van der Waals surface area contributed by atoms with E-state index in [-0.39, 0.29) is 6.01 Å². The van der Waals surface area contributed by atoms with Gasteiger partial charge in [-0.2, -0.15) is 9.97 Å². The van der Waals surface area contributed by atoms with E-state index in [1.54, 1.807) is 18.2 Å². The predicted octanol–water partition coefficient (Wildman–Crippen LogP) is 4.42. The van der Waals surface area contributed by atoms with Gasteiger partial charge in [-0.05, 0) is 28.1 Å². The Balaban J connectivity index is 2.09. The van der Waals surface area contributed by atoms with Crippen LogP contribution in [0.4, 0.5) is 5.82 Å². The molecule has 3 rings (SSSR count). The number of rotatable bonds is 2. The van der Waals surface area contributed by atoms with Crippen molar-refractivity contribution in [1.29, 1.82) is 0 Å². The first-order valence-electron chi connectivity index (χ1n) is 5.78. The number of nitrogen functional groups attached to an aromatic ring is 1. The molecule has 0 atom stereocenters. The molecule has 100 valence electrons. The molecule has 0 unspecified atom stereocenters. The summed E-state index contributed by atoms with van der Waals surface area (Å²) in [5.41, 5.74) is 5.67. The second-order valence-corrected chi connectivity index (χ2v) is 5.31. The van der Waals surface area contributed by atoms with Crippen LogP contribution >= 0.6 is 27.5 Å². The normalized spacial score (nSPS) is 10.7. The van der Waals surface area contributed by atoms with Crippen LogP contribution in [-0.2, 0) is 0 Å². The van der Waals surface area contributed by atoms with Crippen molar-refractivity contribution in [2.45, 2.75) is 0 Å². The maximum absolute atomic E-state index is 6.17. The molecule has 0 spiro atoms. The second kappa shape index (κ2) is 5.26. The second-order valence-electron chi connectivity index (χ2n) is 4.09. The lowest BCUT2D eigenvalue weighted by atomic mass is 10.1. The first kappa shape index (κ1) is 13.1. The molecule has 0 radical (unpaired) electrons. The molecule has 0 amide bonds. The van der Waals surface area contributed by atoms with Gasteiger partial charge in [0.1, 0.15) is 16.2 Å². The molecule has 1 aromatic heterocycles. The van der Waals surface area contributed by atoms with Gasteiger partial charge in [0, 0.05) is 21.9 Å². The standard InChI is InChI=1S/C14H9BrClN3O/c15-12-7-13(17)19-14(18-12)20-11-6-5-10(16)8-3-1-2-4-9(8)11/h1-7H,(H2,17,18,19). The summed E-state index contributed by atoms with van der Waals surface area (Å²) in [6.45, 7) is 0. The highest BCUT2D eigenvalue weighted by Crippen LogP contribution is 2.33. The van der Waals surface area contributed by atoms with E-state index in [0.29, 0.717) is 21.2 Å². The van der Waals surface area contributed by atoms with Crippen LogP contribution in [0, 0.1) is 0 Å². The van der Waals surface area contributed by atoms with Gasteiger partial charge in [-0.25, -0.2) is 0 Å². The SMILES string of the molecule is Nc1cc(Br)nc(Oc2ccc(Cl)c3ccccc23)n1. The molecule has 3 aromatic rings. The molecule has 2 N–H and O–H groups in total. The molecule has 0 aliphatic carbocycles. The molecule has 0 aliphatic heterocycles. The van der Waals surface area contributed by atoms with Crippen LogP contribution < -0.4 is 10.5 Å². The highest BCUT2D eigenvalue weighted by atomic mass is 79.9. The molecule has 20 heavy (non-hydrogen) atoms. The van der Waals surface area contributed by atoms with Crippen molar-refractivity contribution in [3.63, 3.8) is 0 Å². The fraction of sp³-hybridized carbons (Fsp3) is 0. The van der Waals surface area contributed by atoms with Crippen molar-refractivity contribution in [2.75, 3.05) is 5.73 Å². The number of nitrogens with two attached hydrogens (primary N) is 1. The summed E-state index contributed by atoms with van der Waals surface area (Å²) in [5.74, 6) is 0.961. The zero-order valence-electron chi connectivity index (χ0n) is 10.2. The number of hydrogen-bond acceptors (Lipinski definition) is 4. The Morgan fingerprint density at radius 2 is 1.80 bits per heavy atom. The Bertz CT molecular complexity index is 774. The average molecular weight is 351 g/mol. The fourth-order valence-electron chi connectivity index (χ4n) is 1.88. The molecule has 2 aromatic carbocycles. The number of nitrogens with zero attached hydrogens (tertiary/aromatic N) is 2. The van der Waals surface area contributed by atoms with Crippen molar-refractivity contribution in [3.05, 3.63) is 52.1 Å². The Hall–Kier alpha value is -1.85. The number of anilines is 1. The lowest BCUT2D eigenvalue weighted by molar-refractivity contribution is 0.446. The highest BCUT2D eigenvalue weighted by Gasteiger charge is 2.09. The molecule has 0 aliphatic rings. The number of halogens is 2. The summed E-state index contributed by atoms with van der Waals surface area (Å²) in [6.07, 6.45) is 0. The third kappa shape index (κ3) is 2.55. The molecule has 6 heteroatoms. The topological polar surface area (TPSA) is 61.0 Å². The third-order valence-corrected chi connectivity index (χ3v) is 3.46. The van der Waals surface area contributed by atoms with Crippen molar-refractivity contribution in [2.24, 2.45) is 0 Å². The van der Waals surface area contributed by atoms with E-state index in [1.165, 1.54) is 0 Å². The first-order valence-corrected chi connectivity index (χ1v) is 6.96. The van der Waals surface area contributed by atoms with E-state index in [2.05, 4.69) is 25.9 Å². The van der Waals surface area contributed by atoms with Gasteiger partial charge >= 0.3 is 6.01 Å². The zero-order chi connectivity index (χ0) is 14.1. The molecule has 1 heterocycles. The Morgan fingerprint density at radius 3 is 2.55 bits per heavy atom. The predicted molar refractivity (Wildman–Crippen MR) is 83.2 cm³/mol. The molecular weight excluding hydrogens is 342 g/mol. The van der Waals surface area contributed by atoms with Crippen molar-refractivity contribution in [1.82, 2.24) is 9.97 Å². The van der Waals surface area contributed by atoms with Crippen molar-refractivity contribution < 1.29 is 4.74 Å². The third-order valence-electron chi connectivity index (χ3n) is 2.73. The Labute approximate surface area is 128 Å². The monoisotopic (exact) mass is 349 g/mol. The van der Waals surface area contributed by atoms with E-state index < -0.39 is 0 Å². The summed E-state index contributed by atoms with van der Waals surface area (Å²) in [7, 11) is 0. The fourth-order valence-corrected chi connectivity index (χ4v) is 2.50. The van der Waals surface area contributed by atoms with E-state index in [9.17, 15) is 0 Å². The van der Waals surface area contributed by atoms with Crippen LogP contribution in [0.15, 0.2) is 47.1 Å². The number of ether oxygens (including phenoxy) is 1. The summed E-state index contributed by atoms with van der Waals surface area (Å²) >= 11 is 9.42. The smallest absolute Gasteiger partial charge is 0.325 e. The average Bonchev–Trinajstić information content (AvgIpc) is 2.41. The van der Waals surface area contributed by atoms with Gasteiger partial charge in [-0.1, -0.05) is 35.9 Å². The summed E-state index contributed by atoms with van der Waals surface area (Å²) < 4.78 is 6.29.